The molecule has 0 radical (unpaired) electrons. The van der Waals surface area contributed by atoms with Crippen molar-refractivity contribution >= 4 is 16.9 Å². The number of nitrogens with one attached hydrogen (secondary N) is 1. The zero-order valence-electron chi connectivity index (χ0n) is 18.1. The van der Waals surface area contributed by atoms with E-state index in [1.165, 1.54) is 14.2 Å². The van der Waals surface area contributed by atoms with Crippen molar-refractivity contribution in [1.29, 1.82) is 0 Å². The molecule has 0 spiro atoms. The SMILES string of the molecule is COc1cccc(OC)c1-n1c(NS(=O)CCc2ncc(F)cn2)nnc1-c1ccc(C)o1. The van der Waals surface area contributed by atoms with E-state index in [0.717, 1.165) is 12.4 Å². The van der Waals surface area contributed by atoms with Crippen LogP contribution in [0.5, 0.6) is 11.5 Å². The molecule has 3 aromatic heterocycles. The van der Waals surface area contributed by atoms with Gasteiger partial charge in [-0.15, -0.1) is 10.2 Å². The van der Waals surface area contributed by atoms with Crippen molar-refractivity contribution in [2.45, 2.75) is 13.3 Å². The first kappa shape index (κ1) is 22.4. The zero-order valence-corrected chi connectivity index (χ0v) is 18.9. The van der Waals surface area contributed by atoms with Gasteiger partial charge in [0.15, 0.2) is 11.6 Å². The molecule has 0 bridgehead atoms. The van der Waals surface area contributed by atoms with Crippen LogP contribution in [-0.2, 0) is 17.4 Å². The highest BCUT2D eigenvalue weighted by Gasteiger charge is 2.24. The fourth-order valence-electron chi connectivity index (χ4n) is 3.13. The lowest BCUT2D eigenvalue weighted by Gasteiger charge is -2.17. The van der Waals surface area contributed by atoms with E-state index in [-0.39, 0.29) is 18.1 Å². The lowest BCUT2D eigenvalue weighted by molar-refractivity contribution is 0.391. The minimum absolute atomic E-state index is 0.163. The van der Waals surface area contributed by atoms with E-state index in [9.17, 15) is 8.60 Å². The average Bonchev–Trinajstić information content (AvgIpc) is 3.43. The number of aromatic nitrogens is 5. The lowest BCUT2D eigenvalue weighted by atomic mass is 10.2. The van der Waals surface area contributed by atoms with Gasteiger partial charge in [-0.25, -0.2) is 18.6 Å². The minimum Gasteiger partial charge on any atom is -0.494 e. The molecule has 33 heavy (non-hydrogen) atoms. The summed E-state index contributed by atoms with van der Waals surface area (Å²) in [4.78, 5) is 7.77. The molecule has 1 N–H and O–H groups in total. The van der Waals surface area contributed by atoms with Crippen LogP contribution in [-0.4, -0.2) is 48.9 Å². The van der Waals surface area contributed by atoms with Crippen LogP contribution in [0.3, 0.4) is 0 Å². The molecule has 172 valence electrons. The van der Waals surface area contributed by atoms with Crippen LogP contribution in [0.1, 0.15) is 11.6 Å². The molecule has 0 amide bonds. The molecule has 0 aliphatic heterocycles. The highest BCUT2D eigenvalue weighted by atomic mass is 32.2. The van der Waals surface area contributed by atoms with Gasteiger partial charge in [-0.1, -0.05) is 6.07 Å². The highest BCUT2D eigenvalue weighted by molar-refractivity contribution is 7.86. The maximum absolute atomic E-state index is 13.0. The summed E-state index contributed by atoms with van der Waals surface area (Å²) in [6.45, 7) is 1.82. The number of furan rings is 1. The van der Waals surface area contributed by atoms with Gasteiger partial charge < -0.3 is 13.9 Å². The highest BCUT2D eigenvalue weighted by Crippen LogP contribution is 2.37. The molecule has 0 aliphatic carbocycles. The number of hydrogen-bond donors (Lipinski definition) is 1. The molecular weight excluding hydrogens is 451 g/mol. The third-order valence-electron chi connectivity index (χ3n) is 4.64. The quantitative estimate of drug-likeness (QED) is 0.395. The van der Waals surface area contributed by atoms with Gasteiger partial charge in [0.2, 0.25) is 11.8 Å². The van der Waals surface area contributed by atoms with Crippen LogP contribution in [0.2, 0.25) is 0 Å². The van der Waals surface area contributed by atoms with Crippen molar-refractivity contribution in [1.82, 2.24) is 24.7 Å². The van der Waals surface area contributed by atoms with Crippen LogP contribution in [0.15, 0.2) is 47.1 Å². The molecule has 4 aromatic rings. The van der Waals surface area contributed by atoms with Gasteiger partial charge in [-0.2, -0.15) is 0 Å². The van der Waals surface area contributed by atoms with E-state index in [1.54, 1.807) is 28.8 Å². The first-order valence-corrected chi connectivity index (χ1v) is 11.2. The van der Waals surface area contributed by atoms with Gasteiger partial charge in [-0.3, -0.25) is 9.29 Å². The van der Waals surface area contributed by atoms with E-state index in [2.05, 4.69) is 24.9 Å². The smallest absolute Gasteiger partial charge is 0.241 e. The maximum Gasteiger partial charge on any atom is 0.241 e. The van der Waals surface area contributed by atoms with Crippen LogP contribution >= 0.6 is 0 Å². The van der Waals surface area contributed by atoms with Crippen LogP contribution < -0.4 is 14.2 Å². The number of anilines is 1. The van der Waals surface area contributed by atoms with Gasteiger partial charge >= 0.3 is 0 Å². The average molecular weight is 473 g/mol. The Balaban J connectivity index is 1.70. The summed E-state index contributed by atoms with van der Waals surface area (Å²) in [6, 6.07) is 8.89. The Morgan fingerprint density at radius 2 is 1.79 bits per heavy atom. The first-order chi connectivity index (χ1) is 16.0. The van der Waals surface area contributed by atoms with E-state index in [1.807, 2.05) is 13.0 Å². The van der Waals surface area contributed by atoms with Gasteiger partial charge in [0, 0.05) is 6.42 Å². The molecular formula is C21H21FN6O4S. The van der Waals surface area contributed by atoms with Crippen LogP contribution in [0, 0.1) is 12.7 Å². The Labute approximate surface area is 191 Å². The maximum atomic E-state index is 13.0. The molecule has 1 unspecified atom stereocenters. The second-order valence-corrected chi connectivity index (χ2v) is 8.13. The number of aryl methyl sites for hydroxylation is 2. The topological polar surface area (TPSA) is 117 Å². The summed E-state index contributed by atoms with van der Waals surface area (Å²) in [6.07, 6.45) is 2.41. The van der Waals surface area contributed by atoms with Crippen LogP contribution in [0.25, 0.3) is 17.3 Å². The number of hydrogen-bond acceptors (Lipinski definition) is 8. The number of ether oxygens (including phenoxy) is 2. The van der Waals surface area contributed by atoms with Crippen LogP contribution in [0.4, 0.5) is 10.3 Å². The first-order valence-electron chi connectivity index (χ1n) is 9.85. The van der Waals surface area contributed by atoms with E-state index in [4.69, 9.17) is 13.9 Å². The zero-order chi connectivity index (χ0) is 23.4. The Bertz CT molecular complexity index is 1250. The number of halogens is 1. The fourth-order valence-corrected chi connectivity index (χ4v) is 3.94. The third-order valence-corrected chi connectivity index (χ3v) is 5.62. The standard InChI is InChI=1S/C21H21FN6O4S/c1-13-7-8-17(32-13)20-25-26-21(27-33(29)10-9-18-23-11-14(22)12-24-18)28(20)19-15(30-2)5-4-6-16(19)31-3/h4-8,11-12H,9-10H2,1-3H3,(H,26,27). The molecule has 12 heteroatoms. The summed E-state index contributed by atoms with van der Waals surface area (Å²) in [5.41, 5.74) is 0.512. The normalized spacial score (nSPS) is 11.9. The Hall–Kier alpha value is -3.80. The summed E-state index contributed by atoms with van der Waals surface area (Å²) in [7, 11) is 1.49. The minimum atomic E-state index is -1.58. The number of rotatable bonds is 9. The monoisotopic (exact) mass is 472 g/mol. The third kappa shape index (κ3) is 4.85. The molecule has 4 rings (SSSR count). The molecule has 0 saturated heterocycles. The number of nitrogens with zero attached hydrogens (tertiary/aromatic N) is 5. The molecule has 0 aliphatic rings. The molecule has 3 heterocycles. The Morgan fingerprint density at radius 1 is 1.09 bits per heavy atom. The predicted octanol–water partition coefficient (Wildman–Crippen LogP) is 3.10. The second-order valence-electron chi connectivity index (χ2n) is 6.82. The summed E-state index contributed by atoms with van der Waals surface area (Å²) in [5, 5.41) is 8.45. The molecule has 1 atom stereocenters. The lowest BCUT2D eigenvalue weighted by Crippen LogP contribution is -2.15. The second kappa shape index (κ2) is 9.77. The fraction of sp³-hybridized carbons (Fsp3) is 0.238. The van der Waals surface area contributed by atoms with Crippen molar-refractivity contribution in [3.05, 3.63) is 60.1 Å². The summed E-state index contributed by atoms with van der Waals surface area (Å²) >= 11 is 0. The van der Waals surface area contributed by atoms with Gasteiger partial charge in [0.25, 0.3) is 0 Å². The largest absolute Gasteiger partial charge is 0.494 e. The molecule has 0 saturated carbocycles. The van der Waals surface area contributed by atoms with E-state index >= 15 is 0 Å². The van der Waals surface area contributed by atoms with Gasteiger partial charge in [0.1, 0.15) is 39.8 Å². The number of methoxy groups -OCH3 is 2. The summed E-state index contributed by atoms with van der Waals surface area (Å²) < 4.78 is 47.1. The van der Waals surface area contributed by atoms with E-state index < -0.39 is 16.8 Å². The van der Waals surface area contributed by atoms with Crippen molar-refractivity contribution in [2.24, 2.45) is 0 Å². The van der Waals surface area contributed by atoms with Crippen molar-refractivity contribution in [2.75, 3.05) is 24.7 Å². The van der Waals surface area contributed by atoms with Crippen molar-refractivity contribution in [3.63, 3.8) is 0 Å². The number of para-hydroxylation sites is 1. The van der Waals surface area contributed by atoms with Gasteiger partial charge in [0.05, 0.1) is 32.4 Å². The molecule has 10 nitrogen and oxygen atoms in total. The molecule has 1 aromatic carbocycles. The van der Waals surface area contributed by atoms with Crippen molar-refractivity contribution < 1.29 is 22.5 Å². The summed E-state index contributed by atoms with van der Waals surface area (Å²) in [5.74, 6) is 2.72. The van der Waals surface area contributed by atoms with E-state index in [0.29, 0.717) is 40.4 Å². The molecule has 0 fully saturated rings. The van der Waals surface area contributed by atoms with Crippen molar-refractivity contribution in [3.8, 4) is 28.8 Å². The Kier molecular flexibility index (Phi) is 6.63. The Morgan fingerprint density at radius 3 is 2.39 bits per heavy atom. The number of benzene rings is 1. The predicted molar refractivity (Wildman–Crippen MR) is 119 cm³/mol. The van der Waals surface area contributed by atoms with Gasteiger partial charge in [-0.05, 0) is 31.2 Å².